The minimum atomic E-state index is -0.114. The lowest BCUT2D eigenvalue weighted by molar-refractivity contribution is -0.111. The van der Waals surface area contributed by atoms with E-state index in [4.69, 9.17) is 0 Å². The molecule has 108 valence electrons. The molecule has 1 amide bonds. The molecular weight excluding hydrogens is 258 g/mol. The molecule has 2 rings (SSSR count). The molecule has 0 unspecified atom stereocenters. The molecule has 0 atom stereocenters. The zero-order valence-electron chi connectivity index (χ0n) is 12.8. The lowest BCUT2D eigenvalue weighted by Crippen LogP contribution is -2.08. The maximum absolute atomic E-state index is 11.9. The van der Waals surface area contributed by atoms with Crippen molar-refractivity contribution in [2.45, 2.75) is 26.7 Å². The molecule has 0 bridgehead atoms. The molecule has 0 aliphatic rings. The molecule has 0 saturated carbocycles. The van der Waals surface area contributed by atoms with E-state index in [2.05, 4.69) is 31.3 Å². The lowest BCUT2D eigenvalue weighted by atomic mass is 10.0. The summed E-state index contributed by atoms with van der Waals surface area (Å²) in [5.41, 5.74) is 4.23. The van der Waals surface area contributed by atoms with Crippen LogP contribution in [0.2, 0.25) is 0 Å². The summed E-state index contributed by atoms with van der Waals surface area (Å²) in [6, 6.07) is 16.0. The van der Waals surface area contributed by atoms with Gasteiger partial charge in [-0.3, -0.25) is 4.79 Å². The van der Waals surface area contributed by atoms with Crippen molar-refractivity contribution in [3.8, 4) is 0 Å². The first-order valence-corrected chi connectivity index (χ1v) is 7.21. The first-order chi connectivity index (χ1) is 10.1. The number of carbonyl (C=O) groups excluding carboxylic acids is 1. The minimum Gasteiger partial charge on any atom is -0.322 e. The van der Waals surface area contributed by atoms with Crippen molar-refractivity contribution in [2.75, 3.05) is 5.32 Å². The lowest BCUT2D eigenvalue weighted by Gasteiger charge is -2.06. The molecule has 21 heavy (non-hydrogen) atoms. The molecule has 0 aromatic heterocycles. The summed E-state index contributed by atoms with van der Waals surface area (Å²) in [7, 11) is 0. The Morgan fingerprint density at radius 1 is 1.05 bits per heavy atom. The van der Waals surface area contributed by atoms with Crippen LogP contribution in [-0.2, 0) is 4.79 Å². The molecule has 0 radical (unpaired) electrons. The van der Waals surface area contributed by atoms with Gasteiger partial charge in [0.25, 0.3) is 0 Å². The molecular formula is C19H21NO. The average Bonchev–Trinajstić information content (AvgIpc) is 2.48. The molecule has 0 heterocycles. The quantitative estimate of drug-likeness (QED) is 0.802. The number of amides is 1. The van der Waals surface area contributed by atoms with Crippen LogP contribution in [0.3, 0.4) is 0 Å². The highest BCUT2D eigenvalue weighted by molar-refractivity contribution is 6.02. The maximum atomic E-state index is 11.9. The predicted molar refractivity (Wildman–Crippen MR) is 89.4 cm³/mol. The van der Waals surface area contributed by atoms with Crippen molar-refractivity contribution in [3.05, 3.63) is 71.3 Å². The molecule has 0 fully saturated rings. The number of benzene rings is 2. The van der Waals surface area contributed by atoms with Crippen molar-refractivity contribution in [2.24, 2.45) is 0 Å². The topological polar surface area (TPSA) is 29.1 Å². The fourth-order valence-corrected chi connectivity index (χ4v) is 2.05. The molecule has 2 nitrogen and oxygen atoms in total. The van der Waals surface area contributed by atoms with Crippen LogP contribution < -0.4 is 5.32 Å². The monoisotopic (exact) mass is 279 g/mol. The van der Waals surface area contributed by atoms with Crippen molar-refractivity contribution >= 4 is 17.7 Å². The molecule has 0 aliphatic carbocycles. The van der Waals surface area contributed by atoms with Crippen molar-refractivity contribution in [1.82, 2.24) is 0 Å². The van der Waals surface area contributed by atoms with Crippen molar-refractivity contribution in [1.29, 1.82) is 0 Å². The Morgan fingerprint density at radius 2 is 1.71 bits per heavy atom. The molecule has 0 aliphatic heterocycles. The molecule has 1 N–H and O–H groups in total. The van der Waals surface area contributed by atoms with Crippen LogP contribution in [0.25, 0.3) is 6.08 Å². The highest BCUT2D eigenvalue weighted by Crippen LogP contribution is 2.16. The molecule has 2 aromatic carbocycles. The zero-order valence-corrected chi connectivity index (χ0v) is 12.8. The minimum absolute atomic E-state index is 0.114. The Bertz CT molecular complexity index is 639. The van der Waals surface area contributed by atoms with Gasteiger partial charge in [-0.2, -0.15) is 0 Å². The van der Waals surface area contributed by atoms with Crippen LogP contribution in [0.4, 0.5) is 5.69 Å². The number of rotatable bonds is 4. The largest absolute Gasteiger partial charge is 0.322 e. The molecule has 2 aromatic rings. The van der Waals surface area contributed by atoms with E-state index in [-0.39, 0.29) is 5.91 Å². The van der Waals surface area contributed by atoms with Crippen LogP contribution in [-0.4, -0.2) is 5.91 Å². The third kappa shape index (κ3) is 4.32. The van der Waals surface area contributed by atoms with Crippen LogP contribution in [0.1, 0.15) is 36.5 Å². The number of hydrogen-bond acceptors (Lipinski definition) is 1. The van der Waals surface area contributed by atoms with E-state index in [1.807, 2.05) is 49.4 Å². The Hall–Kier alpha value is -2.35. The molecule has 0 saturated heterocycles. The summed E-state index contributed by atoms with van der Waals surface area (Å²) in [5.74, 6) is 0.407. The Kier molecular flexibility index (Phi) is 4.94. The summed E-state index contributed by atoms with van der Waals surface area (Å²) in [6.07, 6.45) is 3.40. The van der Waals surface area contributed by atoms with Gasteiger partial charge in [0.05, 0.1) is 0 Å². The fraction of sp³-hybridized carbons (Fsp3) is 0.211. The van der Waals surface area contributed by atoms with Crippen LogP contribution in [0, 0.1) is 6.92 Å². The van der Waals surface area contributed by atoms with Gasteiger partial charge in [0.15, 0.2) is 0 Å². The van der Waals surface area contributed by atoms with Gasteiger partial charge in [0, 0.05) is 11.8 Å². The van der Waals surface area contributed by atoms with E-state index >= 15 is 0 Å². The summed E-state index contributed by atoms with van der Waals surface area (Å²) in [4.78, 5) is 11.9. The van der Waals surface area contributed by atoms with Gasteiger partial charge in [0.1, 0.15) is 0 Å². The standard InChI is InChI=1S/C19H21NO/c1-14(2)17-11-8-16(9-12-17)10-13-19(21)20-18-7-5-4-6-15(18)3/h4-14H,1-3H3,(H,20,21)/b13-10+. The van der Waals surface area contributed by atoms with Gasteiger partial charge in [-0.05, 0) is 41.7 Å². The number of nitrogens with one attached hydrogen (secondary N) is 1. The number of hydrogen-bond donors (Lipinski definition) is 1. The third-order valence-electron chi connectivity index (χ3n) is 3.43. The van der Waals surface area contributed by atoms with Crippen LogP contribution >= 0.6 is 0 Å². The van der Waals surface area contributed by atoms with Crippen LogP contribution in [0.5, 0.6) is 0 Å². The van der Waals surface area contributed by atoms with E-state index in [9.17, 15) is 4.79 Å². The van der Waals surface area contributed by atoms with Crippen LogP contribution in [0.15, 0.2) is 54.6 Å². The second-order valence-corrected chi connectivity index (χ2v) is 5.46. The van der Waals surface area contributed by atoms with E-state index in [0.717, 1.165) is 16.8 Å². The second kappa shape index (κ2) is 6.89. The first-order valence-electron chi connectivity index (χ1n) is 7.21. The average molecular weight is 279 g/mol. The van der Waals surface area contributed by atoms with Gasteiger partial charge < -0.3 is 5.32 Å². The van der Waals surface area contributed by atoms with Gasteiger partial charge in [-0.25, -0.2) is 0 Å². The number of para-hydroxylation sites is 1. The van der Waals surface area contributed by atoms with Gasteiger partial charge >= 0.3 is 0 Å². The summed E-state index contributed by atoms with van der Waals surface area (Å²) in [5, 5.41) is 2.88. The summed E-state index contributed by atoms with van der Waals surface area (Å²) in [6.45, 7) is 6.31. The Morgan fingerprint density at radius 3 is 2.33 bits per heavy atom. The Labute approximate surface area is 126 Å². The smallest absolute Gasteiger partial charge is 0.248 e. The maximum Gasteiger partial charge on any atom is 0.248 e. The van der Waals surface area contributed by atoms with E-state index in [1.165, 1.54) is 5.56 Å². The highest BCUT2D eigenvalue weighted by atomic mass is 16.1. The first kappa shape index (κ1) is 15.0. The fourth-order valence-electron chi connectivity index (χ4n) is 2.05. The normalized spacial score (nSPS) is 11.0. The predicted octanol–water partition coefficient (Wildman–Crippen LogP) is 4.77. The number of carbonyl (C=O) groups is 1. The molecule has 2 heteroatoms. The van der Waals surface area contributed by atoms with E-state index in [0.29, 0.717) is 5.92 Å². The van der Waals surface area contributed by atoms with Gasteiger partial charge in [0.2, 0.25) is 5.91 Å². The zero-order chi connectivity index (χ0) is 15.2. The third-order valence-corrected chi connectivity index (χ3v) is 3.43. The van der Waals surface area contributed by atoms with E-state index < -0.39 is 0 Å². The summed E-state index contributed by atoms with van der Waals surface area (Å²) < 4.78 is 0. The summed E-state index contributed by atoms with van der Waals surface area (Å²) >= 11 is 0. The molecule has 0 spiro atoms. The SMILES string of the molecule is Cc1ccccc1NC(=O)/C=C/c1ccc(C(C)C)cc1. The highest BCUT2D eigenvalue weighted by Gasteiger charge is 2.01. The number of aryl methyl sites for hydroxylation is 1. The van der Waals surface area contributed by atoms with Crippen molar-refractivity contribution < 1.29 is 4.79 Å². The van der Waals surface area contributed by atoms with Gasteiger partial charge in [-0.15, -0.1) is 0 Å². The van der Waals surface area contributed by atoms with Gasteiger partial charge in [-0.1, -0.05) is 56.3 Å². The second-order valence-electron chi connectivity index (χ2n) is 5.46. The Balaban J connectivity index is 2.00. The van der Waals surface area contributed by atoms with Crippen molar-refractivity contribution in [3.63, 3.8) is 0 Å². The number of anilines is 1. The van der Waals surface area contributed by atoms with E-state index in [1.54, 1.807) is 6.08 Å².